The predicted molar refractivity (Wildman–Crippen MR) is 300 cm³/mol. The molecule has 80 heavy (non-hydrogen) atoms. The van der Waals surface area contributed by atoms with Crippen LogP contribution in [0.1, 0.15) is 121 Å². The van der Waals surface area contributed by atoms with Crippen LogP contribution in [0.3, 0.4) is 0 Å². The monoisotopic (exact) mass is 1110 g/mol. The van der Waals surface area contributed by atoms with Crippen LogP contribution in [0, 0.1) is 23.7 Å². The average Bonchev–Trinajstić information content (AvgIpc) is 3.44. The first-order chi connectivity index (χ1) is 37.9. The number of carbonyl (C=O) groups excluding carboxylic acids is 4. The molecule has 2 unspecified atom stereocenters. The van der Waals surface area contributed by atoms with Crippen LogP contribution < -0.4 is 0 Å². The number of rotatable bonds is 15. The lowest BCUT2D eigenvalue weighted by molar-refractivity contribution is -0.319. The highest BCUT2D eigenvalue weighted by Gasteiger charge is 2.55. The molecule has 2 N–H and O–H groups in total. The van der Waals surface area contributed by atoms with E-state index in [-0.39, 0.29) is 31.7 Å². The number of benzene rings is 3. The number of ether oxygens (including phenoxy) is 9. The minimum Gasteiger partial charge on any atom is -0.459 e. The number of aromatic nitrogens is 1. The third-order valence-corrected chi connectivity index (χ3v) is 16.7. The largest absolute Gasteiger partial charge is 0.459 e. The molecule has 0 saturated carbocycles. The van der Waals surface area contributed by atoms with E-state index in [9.17, 15) is 29.4 Å². The lowest BCUT2D eigenvalue weighted by atomic mass is 9.73. The van der Waals surface area contributed by atoms with Crippen molar-refractivity contribution in [3.05, 3.63) is 120 Å². The number of para-hydroxylation sites is 1. The Balaban J connectivity index is 1.36. The summed E-state index contributed by atoms with van der Waals surface area (Å²) >= 11 is 0. The van der Waals surface area contributed by atoms with Crippen LogP contribution in [0.25, 0.3) is 17.0 Å². The van der Waals surface area contributed by atoms with Crippen LogP contribution in [0.15, 0.2) is 103 Å². The summed E-state index contributed by atoms with van der Waals surface area (Å²) in [5, 5.41) is 25.0. The molecule has 436 valence electrons. The van der Waals surface area contributed by atoms with Crippen LogP contribution in [-0.4, -0.2) is 156 Å². The fraction of sp³-hybridized carbons (Fsp3) is 0.571. The maximum atomic E-state index is 15.0. The maximum Gasteiger partial charge on any atom is 0.338 e. The Labute approximate surface area is 471 Å². The molecular formula is C63H84N2O15. The van der Waals surface area contributed by atoms with Crippen molar-refractivity contribution in [1.82, 2.24) is 9.88 Å². The number of hydrogen-bond acceptors (Lipinski definition) is 17. The molecule has 0 radical (unpaired) electrons. The van der Waals surface area contributed by atoms with Gasteiger partial charge in [0.05, 0.1) is 71.3 Å². The number of esters is 3. The van der Waals surface area contributed by atoms with Crippen molar-refractivity contribution in [2.24, 2.45) is 23.7 Å². The molecule has 3 saturated heterocycles. The number of ketones is 1. The van der Waals surface area contributed by atoms with Gasteiger partial charge in [0.15, 0.2) is 24.8 Å². The molecule has 18 atom stereocenters. The topological polar surface area (TPSA) is 208 Å². The molecule has 3 fully saturated rings. The third kappa shape index (κ3) is 14.2. The smallest absolute Gasteiger partial charge is 0.338 e. The summed E-state index contributed by atoms with van der Waals surface area (Å²) in [6.07, 6.45) is -4.72. The fourth-order valence-electron chi connectivity index (χ4n) is 12.0. The zero-order valence-electron chi connectivity index (χ0n) is 48.7. The average molecular weight is 1110 g/mol. The van der Waals surface area contributed by atoms with Crippen LogP contribution in [-0.2, 0) is 52.2 Å². The summed E-state index contributed by atoms with van der Waals surface area (Å²) in [5.74, 6) is -6.36. The number of likely N-dealkylation sites (N-methyl/N-ethyl adjacent to an activating group) is 1. The van der Waals surface area contributed by atoms with Gasteiger partial charge in [-0.2, -0.15) is 0 Å². The highest BCUT2D eigenvalue weighted by Crippen LogP contribution is 2.43. The number of fused-ring (bicyclic) bond motifs is 1. The van der Waals surface area contributed by atoms with Crippen molar-refractivity contribution < 1.29 is 72.0 Å². The first-order valence-corrected chi connectivity index (χ1v) is 28.1. The summed E-state index contributed by atoms with van der Waals surface area (Å²) < 4.78 is 60.0. The van der Waals surface area contributed by atoms with E-state index in [1.807, 2.05) is 82.3 Å². The van der Waals surface area contributed by atoms with E-state index in [4.69, 9.17) is 42.6 Å². The molecule has 3 aromatic carbocycles. The quantitative estimate of drug-likeness (QED) is 0.0842. The normalized spacial score (nSPS) is 35.8. The van der Waals surface area contributed by atoms with E-state index < -0.39 is 126 Å². The number of aliphatic hydroxyl groups is 2. The van der Waals surface area contributed by atoms with Gasteiger partial charge < -0.3 is 57.7 Å². The van der Waals surface area contributed by atoms with E-state index in [1.54, 1.807) is 108 Å². The Bertz CT molecular complexity index is 2740. The van der Waals surface area contributed by atoms with E-state index in [2.05, 4.69) is 4.98 Å². The van der Waals surface area contributed by atoms with E-state index >= 15 is 0 Å². The van der Waals surface area contributed by atoms with E-state index in [0.717, 1.165) is 16.5 Å². The molecule has 7 rings (SSSR count). The summed E-state index contributed by atoms with van der Waals surface area (Å²) in [6, 6.07) is 26.6. The molecule has 0 bridgehead atoms. The van der Waals surface area contributed by atoms with Gasteiger partial charge in [-0.3, -0.25) is 14.6 Å². The predicted octanol–water partition coefficient (Wildman–Crippen LogP) is 8.80. The fourth-order valence-corrected chi connectivity index (χ4v) is 12.0. The van der Waals surface area contributed by atoms with Crippen molar-refractivity contribution in [2.75, 3.05) is 27.8 Å². The zero-order chi connectivity index (χ0) is 58.3. The van der Waals surface area contributed by atoms with Crippen LogP contribution in [0.2, 0.25) is 0 Å². The minimum atomic E-state index is -2.07. The van der Waals surface area contributed by atoms with Gasteiger partial charge in [-0.15, -0.1) is 0 Å². The number of cyclic esters (lactones) is 1. The maximum absolute atomic E-state index is 15.0. The lowest BCUT2D eigenvalue weighted by Gasteiger charge is -2.50. The number of pyridine rings is 1. The molecule has 17 heteroatoms. The van der Waals surface area contributed by atoms with Crippen molar-refractivity contribution >= 4 is 40.7 Å². The second-order valence-corrected chi connectivity index (χ2v) is 23.1. The number of Topliss-reactive ketones (excluding diaryl/α,β-unsaturated/α-hetero) is 1. The highest BCUT2D eigenvalue weighted by atomic mass is 16.7. The van der Waals surface area contributed by atoms with Gasteiger partial charge in [0, 0.05) is 42.9 Å². The molecule has 4 aromatic rings. The Kier molecular flexibility index (Phi) is 20.7. The molecule has 4 heterocycles. The standard InChI is InChI=1S/C63H84N2O15/c1-14-49-63(10,71)54(67)39(4)51(66)37(2)34-62(9,73-31-23-24-43-33-46-29-21-22-30-47(46)64-36-43)55(80-60-53(48(65(11)12)32-38(3)74-60)78-58(69)44-25-17-15-18-26-44)40(5)52(41(6)57(68)76-49)77-50-35-61(8,72-13)56(42(7)75-50)79-59(70)45-27-19-16-20-28-45/h15-30,33,36-42,48-50,52-56,60,67,71H,14,31-32,34-35H2,1-13H3/b24-23+/t37-,38+,39-,40-,41+,42-,48-,49+,50?,52-,53+,54+,55+,56-,60?,61+,62-,63+/m0/s1. The molecular weight excluding hydrogens is 1020 g/mol. The van der Waals surface area contributed by atoms with Crippen LogP contribution in [0.4, 0.5) is 0 Å². The van der Waals surface area contributed by atoms with Crippen molar-refractivity contribution in [2.45, 2.75) is 179 Å². The van der Waals surface area contributed by atoms with Gasteiger partial charge in [0.1, 0.15) is 23.1 Å². The highest BCUT2D eigenvalue weighted by molar-refractivity contribution is 5.90. The summed E-state index contributed by atoms with van der Waals surface area (Å²) in [5.41, 5.74) is -2.42. The first kappa shape index (κ1) is 62.1. The van der Waals surface area contributed by atoms with Crippen LogP contribution >= 0.6 is 0 Å². The first-order valence-electron chi connectivity index (χ1n) is 28.1. The number of aliphatic hydroxyl groups excluding tert-OH is 1. The molecule has 0 aliphatic carbocycles. The molecule has 0 spiro atoms. The lowest BCUT2D eigenvalue weighted by Crippen LogP contribution is -2.62. The van der Waals surface area contributed by atoms with Gasteiger partial charge >= 0.3 is 17.9 Å². The Morgan fingerprint density at radius 3 is 2.04 bits per heavy atom. The number of nitrogens with zero attached hydrogens (tertiary/aromatic N) is 2. The third-order valence-electron chi connectivity index (χ3n) is 16.7. The second-order valence-electron chi connectivity index (χ2n) is 23.1. The minimum absolute atomic E-state index is 0.0157. The second kappa shape index (κ2) is 26.6. The van der Waals surface area contributed by atoms with Crippen molar-refractivity contribution in [1.29, 1.82) is 0 Å². The van der Waals surface area contributed by atoms with E-state index in [0.29, 0.717) is 17.5 Å². The molecule has 17 nitrogen and oxygen atoms in total. The number of methoxy groups -OCH3 is 1. The summed E-state index contributed by atoms with van der Waals surface area (Å²) in [4.78, 5) is 64.1. The summed E-state index contributed by atoms with van der Waals surface area (Å²) in [6.45, 7) is 17.2. The van der Waals surface area contributed by atoms with E-state index in [1.165, 1.54) is 14.0 Å². The molecule has 1 aromatic heterocycles. The Morgan fingerprint density at radius 1 is 0.787 bits per heavy atom. The number of hydrogen-bond donors (Lipinski definition) is 2. The Hall–Kier alpha value is -5.47. The van der Waals surface area contributed by atoms with Gasteiger partial charge in [0.25, 0.3) is 0 Å². The van der Waals surface area contributed by atoms with Gasteiger partial charge in [-0.1, -0.05) is 94.4 Å². The van der Waals surface area contributed by atoms with Crippen molar-refractivity contribution in [3.63, 3.8) is 0 Å². The molecule has 0 amide bonds. The summed E-state index contributed by atoms with van der Waals surface area (Å²) in [7, 11) is 5.30. The number of carbonyl (C=O) groups is 4. The zero-order valence-corrected chi connectivity index (χ0v) is 48.7. The SMILES string of the molecule is CC[C@H]1OC(=O)[C@H](C)[C@@H](OC2C[C@@](C)(OC)[C@@H](OC(=O)c3ccccc3)[C@H](C)O2)[C@H](C)[C@@H](OC2O[C@H](C)C[C@H](N(C)C)[C@H]2OC(=O)c2ccccc2)[C@@](C)(OC/C=C/c2cnc3ccccc3c2)C[C@H](C)C(=O)[C@H](C)[C@@H](O)[C@]1(C)O. The molecule has 3 aliphatic heterocycles. The van der Waals surface area contributed by atoms with Crippen molar-refractivity contribution in [3.8, 4) is 0 Å². The van der Waals surface area contributed by atoms with Gasteiger partial charge in [0.2, 0.25) is 0 Å². The Morgan fingerprint density at radius 2 is 1.41 bits per heavy atom. The molecule has 3 aliphatic rings. The van der Waals surface area contributed by atoms with Crippen LogP contribution in [0.5, 0.6) is 0 Å². The van der Waals surface area contributed by atoms with Gasteiger partial charge in [-0.25, -0.2) is 9.59 Å². The van der Waals surface area contributed by atoms with Gasteiger partial charge in [-0.05, 0) is 117 Å².